The maximum Gasteiger partial charge on any atom is 0.165 e. The third-order valence-corrected chi connectivity index (χ3v) is 4.22. The van der Waals surface area contributed by atoms with Gasteiger partial charge >= 0.3 is 0 Å². The Bertz CT molecular complexity index is 891. The van der Waals surface area contributed by atoms with Crippen molar-refractivity contribution in [1.29, 1.82) is 0 Å². The molecule has 0 amide bonds. The van der Waals surface area contributed by atoms with Gasteiger partial charge < -0.3 is 10.1 Å². The van der Waals surface area contributed by atoms with E-state index in [1.54, 1.807) is 12.1 Å². The SMILES string of the molecule is COc1cc2cc(Nc3cc(C4CC4)[nH]n3)nc(Cl)c2cc1F. The van der Waals surface area contributed by atoms with Crippen molar-refractivity contribution in [2.24, 2.45) is 0 Å². The van der Waals surface area contributed by atoms with Crippen molar-refractivity contribution < 1.29 is 9.13 Å². The smallest absolute Gasteiger partial charge is 0.165 e. The van der Waals surface area contributed by atoms with E-state index >= 15 is 0 Å². The molecule has 2 aromatic heterocycles. The summed E-state index contributed by atoms with van der Waals surface area (Å²) in [7, 11) is 1.43. The van der Waals surface area contributed by atoms with Crippen molar-refractivity contribution >= 4 is 34.0 Å². The van der Waals surface area contributed by atoms with Crippen molar-refractivity contribution in [3.8, 4) is 5.75 Å². The van der Waals surface area contributed by atoms with Crippen LogP contribution in [0.2, 0.25) is 5.15 Å². The zero-order valence-corrected chi connectivity index (χ0v) is 13.1. The monoisotopic (exact) mass is 332 g/mol. The number of H-pyrrole nitrogens is 1. The minimum atomic E-state index is -0.467. The van der Waals surface area contributed by atoms with E-state index in [1.165, 1.54) is 26.0 Å². The number of fused-ring (bicyclic) bond motifs is 1. The summed E-state index contributed by atoms with van der Waals surface area (Å²) in [6, 6.07) is 6.69. The molecule has 5 nitrogen and oxygen atoms in total. The number of pyridine rings is 1. The number of rotatable bonds is 4. The zero-order valence-electron chi connectivity index (χ0n) is 12.4. The molecule has 0 spiro atoms. The van der Waals surface area contributed by atoms with Gasteiger partial charge in [0.25, 0.3) is 0 Å². The number of nitrogens with one attached hydrogen (secondary N) is 2. The van der Waals surface area contributed by atoms with Gasteiger partial charge in [0.1, 0.15) is 11.0 Å². The van der Waals surface area contributed by atoms with Crippen molar-refractivity contribution in [2.45, 2.75) is 18.8 Å². The van der Waals surface area contributed by atoms with E-state index in [0.29, 0.717) is 22.9 Å². The maximum absolute atomic E-state index is 13.8. The molecule has 4 rings (SSSR count). The van der Waals surface area contributed by atoms with Crippen LogP contribution >= 0.6 is 11.6 Å². The molecule has 2 heterocycles. The van der Waals surface area contributed by atoms with Crippen LogP contribution in [0.25, 0.3) is 10.8 Å². The predicted octanol–water partition coefficient (Wildman–Crippen LogP) is 4.38. The summed E-state index contributed by atoms with van der Waals surface area (Å²) in [6.07, 6.45) is 2.40. The molecule has 1 aliphatic rings. The molecule has 0 bridgehead atoms. The Balaban J connectivity index is 1.70. The molecular weight excluding hydrogens is 319 g/mol. The van der Waals surface area contributed by atoms with Gasteiger partial charge in [-0.1, -0.05) is 11.6 Å². The Labute approximate surface area is 136 Å². The van der Waals surface area contributed by atoms with Gasteiger partial charge in [-0.05, 0) is 36.4 Å². The second kappa shape index (κ2) is 5.38. The van der Waals surface area contributed by atoms with Crippen LogP contribution in [0.5, 0.6) is 5.75 Å². The van der Waals surface area contributed by atoms with Gasteiger partial charge in [-0.25, -0.2) is 9.37 Å². The van der Waals surface area contributed by atoms with E-state index in [9.17, 15) is 4.39 Å². The Morgan fingerprint density at radius 2 is 2.09 bits per heavy atom. The third kappa shape index (κ3) is 2.70. The molecule has 7 heteroatoms. The fourth-order valence-electron chi connectivity index (χ4n) is 2.57. The molecule has 0 radical (unpaired) electrons. The number of halogens is 2. The van der Waals surface area contributed by atoms with Crippen molar-refractivity contribution in [3.63, 3.8) is 0 Å². The lowest BCUT2D eigenvalue weighted by atomic mass is 10.1. The molecule has 0 atom stereocenters. The second-order valence-electron chi connectivity index (χ2n) is 5.61. The van der Waals surface area contributed by atoms with Crippen LogP contribution in [-0.2, 0) is 0 Å². The van der Waals surface area contributed by atoms with E-state index in [1.807, 2.05) is 6.07 Å². The van der Waals surface area contributed by atoms with E-state index in [0.717, 1.165) is 11.1 Å². The summed E-state index contributed by atoms with van der Waals surface area (Å²) in [5.74, 6) is 1.53. The fourth-order valence-corrected chi connectivity index (χ4v) is 2.82. The number of benzene rings is 1. The second-order valence-corrected chi connectivity index (χ2v) is 5.97. The lowest BCUT2D eigenvalue weighted by molar-refractivity contribution is 0.387. The number of ether oxygens (including phenoxy) is 1. The van der Waals surface area contributed by atoms with Crippen LogP contribution in [0.4, 0.5) is 16.0 Å². The Hall–Kier alpha value is -2.34. The average molecular weight is 333 g/mol. The van der Waals surface area contributed by atoms with Crippen molar-refractivity contribution in [1.82, 2.24) is 15.2 Å². The lowest BCUT2D eigenvalue weighted by Gasteiger charge is -2.08. The van der Waals surface area contributed by atoms with Gasteiger partial charge in [0.05, 0.1) is 7.11 Å². The third-order valence-electron chi connectivity index (χ3n) is 3.93. The zero-order chi connectivity index (χ0) is 16.0. The molecule has 23 heavy (non-hydrogen) atoms. The molecule has 0 unspecified atom stereocenters. The first-order chi connectivity index (χ1) is 11.1. The molecule has 1 aromatic carbocycles. The minimum absolute atomic E-state index is 0.168. The molecule has 1 saturated carbocycles. The van der Waals surface area contributed by atoms with Crippen molar-refractivity contribution in [3.05, 3.63) is 40.9 Å². The van der Waals surface area contributed by atoms with Gasteiger partial charge in [0, 0.05) is 23.1 Å². The van der Waals surface area contributed by atoms with Crippen LogP contribution in [0.1, 0.15) is 24.5 Å². The van der Waals surface area contributed by atoms with Crippen LogP contribution in [0.15, 0.2) is 24.3 Å². The highest BCUT2D eigenvalue weighted by Crippen LogP contribution is 2.39. The predicted molar refractivity (Wildman–Crippen MR) is 87.1 cm³/mol. The van der Waals surface area contributed by atoms with Gasteiger partial charge in [0.15, 0.2) is 17.4 Å². The first-order valence-corrected chi connectivity index (χ1v) is 7.68. The largest absolute Gasteiger partial charge is 0.494 e. The lowest BCUT2D eigenvalue weighted by Crippen LogP contribution is -1.96. The molecule has 1 aliphatic carbocycles. The van der Waals surface area contributed by atoms with Crippen LogP contribution in [0, 0.1) is 5.82 Å². The summed E-state index contributed by atoms with van der Waals surface area (Å²) in [5, 5.41) is 11.9. The minimum Gasteiger partial charge on any atom is -0.494 e. The Kier molecular flexibility index (Phi) is 3.34. The number of methoxy groups -OCH3 is 1. The molecular formula is C16H14ClFN4O. The van der Waals surface area contributed by atoms with Crippen molar-refractivity contribution in [2.75, 3.05) is 12.4 Å². The summed E-state index contributed by atoms with van der Waals surface area (Å²) in [6.45, 7) is 0. The van der Waals surface area contributed by atoms with Crippen LogP contribution in [0.3, 0.4) is 0 Å². The van der Waals surface area contributed by atoms with Gasteiger partial charge in [0.2, 0.25) is 0 Å². The van der Waals surface area contributed by atoms with Gasteiger partial charge in [-0.3, -0.25) is 5.10 Å². The number of nitrogens with zero attached hydrogens (tertiary/aromatic N) is 2. The quantitative estimate of drug-likeness (QED) is 0.696. The number of hydrogen-bond acceptors (Lipinski definition) is 4. The summed E-state index contributed by atoms with van der Waals surface area (Å²) >= 11 is 6.17. The first kappa shape index (κ1) is 14.3. The topological polar surface area (TPSA) is 62.8 Å². The van der Waals surface area contributed by atoms with Crippen LogP contribution < -0.4 is 10.1 Å². The molecule has 2 N–H and O–H groups in total. The van der Waals surface area contributed by atoms with E-state index < -0.39 is 5.82 Å². The summed E-state index contributed by atoms with van der Waals surface area (Å²) < 4.78 is 18.8. The van der Waals surface area contributed by atoms with Crippen LogP contribution in [-0.4, -0.2) is 22.3 Å². The number of hydrogen-bond donors (Lipinski definition) is 2. The fraction of sp³-hybridized carbons (Fsp3) is 0.250. The van der Waals surface area contributed by atoms with Gasteiger partial charge in [-0.2, -0.15) is 5.10 Å². The van der Waals surface area contributed by atoms with Gasteiger partial charge in [-0.15, -0.1) is 0 Å². The Morgan fingerprint density at radius 3 is 2.83 bits per heavy atom. The normalized spacial score (nSPS) is 14.2. The number of aromatic amines is 1. The average Bonchev–Trinajstić information content (AvgIpc) is 3.28. The van der Waals surface area contributed by atoms with E-state index in [-0.39, 0.29) is 10.9 Å². The highest BCUT2D eigenvalue weighted by Gasteiger charge is 2.25. The molecule has 118 valence electrons. The van der Waals surface area contributed by atoms with E-state index in [4.69, 9.17) is 16.3 Å². The molecule has 0 saturated heterocycles. The number of anilines is 2. The highest BCUT2D eigenvalue weighted by molar-refractivity contribution is 6.34. The van der Waals surface area contributed by atoms with E-state index in [2.05, 4.69) is 20.5 Å². The number of aromatic nitrogens is 3. The highest BCUT2D eigenvalue weighted by atomic mass is 35.5. The first-order valence-electron chi connectivity index (χ1n) is 7.30. The molecule has 1 fully saturated rings. The molecule has 0 aliphatic heterocycles. The molecule has 3 aromatic rings. The maximum atomic E-state index is 13.8. The standard InChI is InChI=1S/C16H14ClFN4O/c1-23-13-4-9-5-14(20-16(17)10(9)6-11(13)18)19-15-7-12(21-22-15)8-2-3-8/h4-8H,2-3H2,1H3,(H2,19,20,21,22). The summed E-state index contributed by atoms with van der Waals surface area (Å²) in [4.78, 5) is 4.26. The Morgan fingerprint density at radius 1 is 1.26 bits per heavy atom. The summed E-state index contributed by atoms with van der Waals surface area (Å²) in [5.41, 5.74) is 1.13.